The molecule has 19 heteroatoms. The number of aryl methyl sites for hydroxylation is 2. The molecule has 6 heterocycles. The van der Waals surface area contributed by atoms with Gasteiger partial charge in [0.25, 0.3) is 0 Å². The van der Waals surface area contributed by atoms with E-state index in [1.807, 2.05) is 62.7 Å². The second-order valence-electron chi connectivity index (χ2n) is 20.5. The van der Waals surface area contributed by atoms with Crippen molar-refractivity contribution >= 4 is 104 Å². The van der Waals surface area contributed by atoms with Crippen LogP contribution >= 0.6 is 23.2 Å². The number of nitrogens with zero attached hydrogens (tertiary/aromatic N) is 5. The third-order valence-electron chi connectivity index (χ3n) is 16.0. The molecule has 0 fully saturated rings. The number of ether oxygens (including phenoxy) is 1. The number of hydrogen-bond donors (Lipinski definition) is 5. The van der Waals surface area contributed by atoms with Gasteiger partial charge in [0, 0.05) is 127 Å². The number of aromatic nitrogens is 4. The van der Waals surface area contributed by atoms with Gasteiger partial charge in [0.05, 0.1) is 40.9 Å². The van der Waals surface area contributed by atoms with Crippen LogP contribution in [-0.4, -0.2) is 122 Å². The van der Waals surface area contributed by atoms with Crippen molar-refractivity contribution < 1.29 is 38.6 Å². The first-order valence-corrected chi connectivity index (χ1v) is 27.3. The quantitative estimate of drug-likeness (QED) is 0.0205. The summed E-state index contributed by atoms with van der Waals surface area (Å²) < 4.78 is 7.27. The average Bonchev–Trinajstić information content (AvgIpc) is 4.18. The zero-order chi connectivity index (χ0) is 54.0. The topological polar surface area (TPSA) is 233 Å². The van der Waals surface area contributed by atoms with E-state index >= 15 is 0 Å². The van der Waals surface area contributed by atoms with Crippen molar-refractivity contribution in [2.24, 2.45) is 46.6 Å². The zero-order valence-corrected chi connectivity index (χ0v) is 45.6. The largest absolute Gasteiger partial charge is 0.480 e. The number of aliphatic carboxylic acids is 1. The van der Waals surface area contributed by atoms with E-state index in [0.29, 0.717) is 95.0 Å². The highest BCUT2D eigenvalue weighted by Gasteiger charge is 2.49. The number of halogens is 2. The molecular weight excluding hydrogens is 998 g/mol. The van der Waals surface area contributed by atoms with E-state index in [-0.39, 0.29) is 79.4 Å². The van der Waals surface area contributed by atoms with Gasteiger partial charge in [-0.25, -0.2) is 9.78 Å². The summed E-state index contributed by atoms with van der Waals surface area (Å²) in [5.41, 5.74) is 9.17. The van der Waals surface area contributed by atoms with Crippen molar-refractivity contribution in [2.75, 3.05) is 43.4 Å². The normalized spacial score (nSPS) is 22.1. The van der Waals surface area contributed by atoms with Crippen LogP contribution in [0.4, 0.5) is 5.69 Å². The fourth-order valence-corrected chi connectivity index (χ4v) is 12.3. The summed E-state index contributed by atoms with van der Waals surface area (Å²) in [5, 5.41) is 17.0. The number of aromatic amines is 2. The first-order chi connectivity index (χ1) is 35.9. The van der Waals surface area contributed by atoms with Crippen LogP contribution in [0.1, 0.15) is 122 Å². The first-order valence-electron chi connectivity index (χ1n) is 26.2. The van der Waals surface area contributed by atoms with Gasteiger partial charge in [-0.15, -0.1) is 23.2 Å². The van der Waals surface area contributed by atoms with Crippen LogP contribution in [0.5, 0.6) is 0 Å². The number of carbonyl (C=O) groups excluding carboxylic acids is 5. The lowest BCUT2D eigenvalue weighted by Gasteiger charge is -2.22. The number of anilines is 1. The molecule has 400 valence electrons. The number of methoxy groups -OCH3 is 1. The number of carbonyl (C=O) groups is 6. The molecule has 2 amide bonds. The van der Waals surface area contributed by atoms with Gasteiger partial charge in [-0.1, -0.05) is 27.2 Å². The van der Waals surface area contributed by atoms with Crippen LogP contribution in [0.25, 0.3) is 28.8 Å². The van der Waals surface area contributed by atoms with Crippen molar-refractivity contribution in [1.29, 1.82) is 0 Å². The molecule has 3 unspecified atom stereocenters. The highest BCUT2D eigenvalue weighted by molar-refractivity contribution is 6.25. The summed E-state index contributed by atoms with van der Waals surface area (Å²) in [5.74, 6) is -2.89. The van der Waals surface area contributed by atoms with Gasteiger partial charge in [0.15, 0.2) is 11.6 Å². The number of carboxylic acids is 1. The number of nitrogens with one attached hydrogen (secondary N) is 4. The third kappa shape index (κ3) is 11.0. The summed E-state index contributed by atoms with van der Waals surface area (Å²) in [6.07, 6.45) is 7.15. The Morgan fingerprint density at radius 3 is 2.39 bits per heavy atom. The maximum absolute atomic E-state index is 14.5. The van der Waals surface area contributed by atoms with Crippen LogP contribution in [0.3, 0.4) is 0 Å². The number of ketones is 2. The van der Waals surface area contributed by atoms with Crippen molar-refractivity contribution in [3.63, 3.8) is 0 Å². The van der Waals surface area contributed by atoms with Gasteiger partial charge in [-0.3, -0.25) is 34.0 Å². The summed E-state index contributed by atoms with van der Waals surface area (Å²) >= 11 is 12.0. The van der Waals surface area contributed by atoms with E-state index < -0.39 is 29.8 Å². The molecule has 1 aromatic carbocycles. The molecule has 0 spiro atoms. The van der Waals surface area contributed by atoms with Crippen molar-refractivity contribution in [3.05, 3.63) is 74.1 Å². The molecule has 0 saturated heterocycles. The Kier molecular flexibility index (Phi) is 17.0. The number of aliphatic imine (C=N–C) groups is 2. The Balaban J connectivity index is 0.955. The summed E-state index contributed by atoms with van der Waals surface area (Å²) in [4.78, 5) is 105. The number of alkyl halides is 2. The van der Waals surface area contributed by atoms with E-state index in [4.69, 9.17) is 42.9 Å². The second kappa shape index (κ2) is 23.3. The molecule has 3 aliphatic heterocycles. The Labute approximate surface area is 446 Å². The van der Waals surface area contributed by atoms with E-state index in [0.717, 1.165) is 51.5 Å². The highest BCUT2D eigenvalue weighted by Crippen LogP contribution is 2.48. The van der Waals surface area contributed by atoms with Gasteiger partial charge >= 0.3 is 11.9 Å². The van der Waals surface area contributed by atoms with Gasteiger partial charge < -0.3 is 39.9 Å². The van der Waals surface area contributed by atoms with Crippen LogP contribution in [0.15, 0.2) is 33.9 Å². The number of fused-ring (bicyclic) bond motifs is 6. The molecule has 4 aromatic rings. The molecular formula is C56H69Cl2N9O8. The number of imidazole rings is 1. The maximum Gasteiger partial charge on any atom is 0.326 e. The van der Waals surface area contributed by atoms with Gasteiger partial charge in [-0.05, 0) is 93.9 Å². The number of carboxylic acid groups (broad SMARTS) is 1. The molecule has 0 saturated carbocycles. The number of amides is 2. The number of Topliss-reactive ketones (excluding diaryl/α,β-unsaturated/α-hetero) is 2. The fourth-order valence-electron chi connectivity index (χ4n) is 11.8. The minimum absolute atomic E-state index is 0.0626. The maximum atomic E-state index is 14.5. The molecule has 5 N–H and O–H groups in total. The van der Waals surface area contributed by atoms with Crippen molar-refractivity contribution in [1.82, 2.24) is 30.2 Å². The molecule has 75 heavy (non-hydrogen) atoms. The number of allylic oxidation sites excluding steroid dienone is 1. The lowest BCUT2D eigenvalue weighted by Crippen LogP contribution is -2.41. The predicted molar refractivity (Wildman–Crippen MR) is 292 cm³/mol. The predicted octanol–water partition coefficient (Wildman–Crippen LogP) is 6.31. The molecule has 3 aromatic heterocycles. The number of benzene rings is 1. The van der Waals surface area contributed by atoms with E-state index in [2.05, 4.69) is 39.3 Å². The molecule has 4 aliphatic rings. The molecule has 8 rings (SSSR count). The average molecular weight is 1070 g/mol. The summed E-state index contributed by atoms with van der Waals surface area (Å²) in [6, 6.07) is 4.78. The van der Waals surface area contributed by atoms with E-state index in [1.54, 1.807) is 6.92 Å². The summed E-state index contributed by atoms with van der Waals surface area (Å²) in [7, 11) is 3.19. The molecule has 8 bridgehead atoms. The van der Waals surface area contributed by atoms with Gasteiger partial charge in [0.1, 0.15) is 17.8 Å². The van der Waals surface area contributed by atoms with E-state index in [9.17, 15) is 33.9 Å². The zero-order valence-electron chi connectivity index (χ0n) is 44.1. The van der Waals surface area contributed by atoms with Gasteiger partial charge in [0.2, 0.25) is 11.8 Å². The summed E-state index contributed by atoms with van der Waals surface area (Å²) in [6.45, 7) is 13.2. The van der Waals surface area contributed by atoms with Gasteiger partial charge in [-0.2, -0.15) is 0 Å². The van der Waals surface area contributed by atoms with Crippen molar-refractivity contribution in [2.45, 2.75) is 111 Å². The highest BCUT2D eigenvalue weighted by atomic mass is 35.5. The lowest BCUT2D eigenvalue weighted by molar-refractivity contribution is -0.142. The van der Waals surface area contributed by atoms with Crippen molar-refractivity contribution in [3.8, 4) is 0 Å². The number of H-pyrrole nitrogens is 2. The Bertz CT molecular complexity index is 3160. The standard InChI is InChI=1S/C56H69Cl2N9O8/c1-9-34-28(2)37-27-43-48(32(6)68)30(4)39(61-43)25-38-29(3)35(52(64-38)50-51(56(74)75-8)54(71)49-31(5)40(65-53(49)50)26-41(34)60-37)16-18-46(69)59-21-11-12-36(55(72)73)63-47(70)14-10-13-45-62-42-24-33(15-17-44(42)66(45)7)67(22-19-57)23-20-58/h15,17,24-25,27-29,34-36,41,51,61,65H,9-14,16,18-23,26H2,1-8H3,(H,59,69)(H,63,70)(H,72,73)/b39-25?,43-27?,52-50-/t28-,29+,34-,35+,36?,41?,51?/m1/s1. The minimum atomic E-state index is -1.26. The molecule has 1 aliphatic carbocycles. The van der Waals surface area contributed by atoms with Crippen LogP contribution in [0, 0.1) is 43.4 Å². The molecule has 17 nitrogen and oxygen atoms in total. The Hall–Kier alpha value is -6.33. The second-order valence-corrected chi connectivity index (χ2v) is 21.2. The fraction of sp³-hybridized carbons (Fsp3) is 0.518. The molecule has 0 radical (unpaired) electrons. The Morgan fingerprint density at radius 1 is 0.973 bits per heavy atom. The van der Waals surface area contributed by atoms with Crippen LogP contribution < -0.4 is 26.2 Å². The smallest absolute Gasteiger partial charge is 0.326 e. The number of hydrogen-bond acceptors (Lipinski definition) is 11. The first kappa shape index (κ1) is 54.9. The van der Waals surface area contributed by atoms with Crippen LogP contribution in [-0.2, 0) is 43.8 Å². The molecule has 7 atom stereocenters. The number of esters is 1. The lowest BCUT2D eigenvalue weighted by atomic mass is 9.83. The monoisotopic (exact) mass is 1070 g/mol. The van der Waals surface area contributed by atoms with E-state index in [1.165, 1.54) is 7.11 Å². The number of rotatable bonds is 21. The SMILES string of the molecule is CC[C@H]1C2Cc3[nH]c4c(c3C)C(=O)C(C(=O)OC)/C4=C3/N=C(C=c4[nH]c(c(C(C)=O)c4C)=CC(=N2)[C@@H]1C)[C@@H](C)[C@@H]3CCC(=O)NCCCC(NC(=O)CCCc1nc2cc(N(CCCl)CCCl)ccc2n1C)C(=O)O. The minimum Gasteiger partial charge on any atom is -0.480 e. The Morgan fingerprint density at radius 2 is 1.71 bits per heavy atom. The van der Waals surface area contributed by atoms with Crippen LogP contribution in [0.2, 0.25) is 0 Å². The third-order valence-corrected chi connectivity index (χ3v) is 16.3.